The summed E-state index contributed by atoms with van der Waals surface area (Å²) in [5.41, 5.74) is 2.51. The van der Waals surface area contributed by atoms with Gasteiger partial charge in [0.2, 0.25) is 0 Å². The number of ether oxygens (including phenoxy) is 2. The van der Waals surface area contributed by atoms with Gasteiger partial charge in [-0.2, -0.15) is 0 Å². The smallest absolute Gasteiger partial charge is 0.485 e. The minimum Gasteiger partial charge on any atom is -0.485 e. The Morgan fingerprint density at radius 3 is 2.89 bits per heavy atom. The van der Waals surface area contributed by atoms with Crippen LogP contribution in [0.4, 0.5) is 4.39 Å². The van der Waals surface area contributed by atoms with E-state index in [2.05, 4.69) is 4.74 Å². The molecular weight excluding hydrogens is 366 g/mol. The van der Waals surface area contributed by atoms with Crippen LogP contribution in [0.15, 0.2) is 41.0 Å². The van der Waals surface area contributed by atoms with Crippen LogP contribution in [0.25, 0.3) is 11.0 Å². The number of carbonyl (C=O) groups is 1. The van der Waals surface area contributed by atoms with Gasteiger partial charge < -0.3 is 23.9 Å². The van der Waals surface area contributed by atoms with Crippen LogP contribution in [0.1, 0.15) is 29.2 Å². The second kappa shape index (κ2) is 7.29. The van der Waals surface area contributed by atoms with Gasteiger partial charge in [0.25, 0.3) is 0 Å². The molecule has 0 bridgehead atoms. The number of fused-ring (bicyclic) bond motifs is 2. The molecule has 3 aromatic rings. The maximum Gasteiger partial charge on any atom is 0.488 e. The predicted octanol–water partition coefficient (Wildman–Crippen LogP) is 2.03. The predicted molar refractivity (Wildman–Crippen MR) is 99.8 cm³/mol. The molecule has 0 aliphatic heterocycles. The Hall–Kier alpha value is -2.84. The first kappa shape index (κ1) is 18.5. The van der Waals surface area contributed by atoms with Crippen molar-refractivity contribution in [2.75, 3.05) is 7.11 Å². The van der Waals surface area contributed by atoms with Gasteiger partial charge in [0.05, 0.1) is 19.8 Å². The average Bonchev–Trinajstić information content (AvgIpc) is 3.27. The summed E-state index contributed by atoms with van der Waals surface area (Å²) in [6.07, 6.45) is 2.11. The fourth-order valence-corrected chi connectivity index (χ4v) is 3.73. The lowest BCUT2D eigenvalue weighted by Crippen LogP contribution is -2.33. The van der Waals surface area contributed by atoms with E-state index in [4.69, 9.17) is 9.15 Å². The highest BCUT2D eigenvalue weighted by atomic mass is 19.1. The molecule has 144 valence electrons. The molecule has 1 aliphatic carbocycles. The van der Waals surface area contributed by atoms with Crippen molar-refractivity contribution in [2.24, 2.45) is 0 Å². The minimum absolute atomic E-state index is 0.108. The second-order valence-corrected chi connectivity index (χ2v) is 6.72. The van der Waals surface area contributed by atoms with Crippen LogP contribution >= 0.6 is 0 Å². The zero-order valence-corrected chi connectivity index (χ0v) is 15.1. The average molecular weight is 384 g/mol. The Kier molecular flexibility index (Phi) is 4.83. The number of furan rings is 1. The molecule has 0 fully saturated rings. The Labute approximate surface area is 160 Å². The Balaban J connectivity index is 1.61. The highest BCUT2D eigenvalue weighted by Crippen LogP contribution is 2.37. The van der Waals surface area contributed by atoms with Crippen molar-refractivity contribution in [3.63, 3.8) is 0 Å². The molecule has 28 heavy (non-hydrogen) atoms. The van der Waals surface area contributed by atoms with Gasteiger partial charge in [-0.25, -0.2) is 4.39 Å². The summed E-state index contributed by atoms with van der Waals surface area (Å²) in [7, 11) is -0.322. The van der Waals surface area contributed by atoms with Gasteiger partial charge in [-0.1, -0.05) is 6.07 Å². The van der Waals surface area contributed by atoms with Crippen molar-refractivity contribution in [3.8, 4) is 5.75 Å². The number of halogens is 1. The number of rotatable bonds is 5. The Morgan fingerprint density at radius 1 is 1.32 bits per heavy atom. The standard InChI is InChI=1S/C20H18BFO6/c1-26-19(23)8-11-10-27-18-9-12(2-3-13(11)18)28-17-7-4-14-15(21(24)25)5-6-16(22)20(14)17/h2-3,5-6,9-10,17,24-25H,4,7-8H2,1H3/t17-/m1/s1. The third-order valence-corrected chi connectivity index (χ3v) is 5.06. The van der Waals surface area contributed by atoms with E-state index in [9.17, 15) is 19.2 Å². The van der Waals surface area contributed by atoms with E-state index in [1.54, 1.807) is 18.2 Å². The highest BCUT2D eigenvalue weighted by Gasteiger charge is 2.32. The van der Waals surface area contributed by atoms with Crippen LogP contribution in [0.3, 0.4) is 0 Å². The molecule has 6 nitrogen and oxygen atoms in total. The molecule has 0 saturated heterocycles. The monoisotopic (exact) mass is 384 g/mol. The highest BCUT2D eigenvalue weighted by molar-refractivity contribution is 6.59. The summed E-state index contributed by atoms with van der Waals surface area (Å²) >= 11 is 0. The van der Waals surface area contributed by atoms with E-state index >= 15 is 0 Å². The van der Waals surface area contributed by atoms with Crippen LogP contribution in [0, 0.1) is 5.82 Å². The number of hydrogen-bond donors (Lipinski definition) is 2. The molecule has 0 unspecified atom stereocenters. The molecule has 0 radical (unpaired) electrons. The molecule has 0 amide bonds. The van der Waals surface area contributed by atoms with Crippen molar-refractivity contribution in [3.05, 3.63) is 59.1 Å². The fourth-order valence-electron chi connectivity index (χ4n) is 3.73. The first-order chi connectivity index (χ1) is 13.5. The second-order valence-electron chi connectivity index (χ2n) is 6.72. The first-order valence-electron chi connectivity index (χ1n) is 8.89. The van der Waals surface area contributed by atoms with Crippen LogP contribution in [-0.4, -0.2) is 30.2 Å². The molecule has 1 aliphatic rings. The molecule has 8 heteroatoms. The van der Waals surface area contributed by atoms with Gasteiger partial charge in [0.15, 0.2) is 0 Å². The molecule has 1 atom stereocenters. The summed E-state index contributed by atoms with van der Waals surface area (Å²) in [5, 5.41) is 19.8. The SMILES string of the molecule is COC(=O)Cc1coc2cc(O[C@@H]3CCc4c(B(O)O)ccc(F)c43)ccc12. The number of hydrogen-bond acceptors (Lipinski definition) is 6. The summed E-state index contributed by atoms with van der Waals surface area (Å²) in [6, 6.07) is 7.83. The van der Waals surface area contributed by atoms with Crippen molar-refractivity contribution >= 4 is 29.5 Å². The van der Waals surface area contributed by atoms with E-state index in [0.717, 1.165) is 5.39 Å². The number of benzene rings is 2. The number of esters is 1. The van der Waals surface area contributed by atoms with Crippen LogP contribution < -0.4 is 10.2 Å². The van der Waals surface area contributed by atoms with Crippen molar-refractivity contribution in [2.45, 2.75) is 25.4 Å². The van der Waals surface area contributed by atoms with Crippen molar-refractivity contribution in [1.82, 2.24) is 0 Å². The van der Waals surface area contributed by atoms with Gasteiger partial charge >= 0.3 is 13.1 Å². The summed E-state index contributed by atoms with van der Waals surface area (Å²) in [5.74, 6) is -0.289. The zero-order valence-electron chi connectivity index (χ0n) is 15.1. The van der Waals surface area contributed by atoms with Gasteiger partial charge in [0, 0.05) is 22.6 Å². The van der Waals surface area contributed by atoms with E-state index in [1.165, 1.54) is 25.5 Å². The molecule has 2 N–H and O–H groups in total. The number of carbonyl (C=O) groups excluding carboxylic acids is 1. The lowest BCUT2D eigenvalue weighted by atomic mass is 9.76. The molecule has 2 aromatic carbocycles. The van der Waals surface area contributed by atoms with Gasteiger partial charge in [0.1, 0.15) is 23.3 Å². The lowest BCUT2D eigenvalue weighted by molar-refractivity contribution is -0.139. The summed E-state index contributed by atoms with van der Waals surface area (Å²) in [6.45, 7) is 0. The third kappa shape index (κ3) is 3.25. The van der Waals surface area contributed by atoms with Crippen LogP contribution in [0.5, 0.6) is 5.75 Å². The summed E-state index contributed by atoms with van der Waals surface area (Å²) in [4.78, 5) is 11.5. The normalized spacial score (nSPS) is 15.5. The lowest BCUT2D eigenvalue weighted by Gasteiger charge is -2.16. The molecule has 0 spiro atoms. The maximum atomic E-state index is 14.4. The number of methoxy groups -OCH3 is 1. The van der Waals surface area contributed by atoms with Crippen molar-refractivity contribution < 1.29 is 33.1 Å². The van der Waals surface area contributed by atoms with E-state index in [1.807, 2.05) is 0 Å². The maximum absolute atomic E-state index is 14.4. The topological polar surface area (TPSA) is 89.1 Å². The molecule has 0 saturated carbocycles. The molecule has 4 rings (SSSR count). The van der Waals surface area contributed by atoms with E-state index in [-0.39, 0.29) is 12.4 Å². The van der Waals surface area contributed by atoms with Crippen molar-refractivity contribution in [1.29, 1.82) is 0 Å². The van der Waals surface area contributed by atoms with Gasteiger partial charge in [-0.15, -0.1) is 0 Å². The molecular formula is C20H18BFO6. The largest absolute Gasteiger partial charge is 0.488 e. The summed E-state index contributed by atoms with van der Waals surface area (Å²) < 4.78 is 30.6. The zero-order chi connectivity index (χ0) is 19.8. The van der Waals surface area contributed by atoms with Gasteiger partial charge in [-0.3, -0.25) is 4.79 Å². The molecule has 1 aromatic heterocycles. The van der Waals surface area contributed by atoms with Gasteiger partial charge in [-0.05, 0) is 42.1 Å². The van der Waals surface area contributed by atoms with Crippen LogP contribution in [0.2, 0.25) is 0 Å². The first-order valence-corrected chi connectivity index (χ1v) is 8.89. The molecule has 1 heterocycles. The van der Waals surface area contributed by atoms with E-state index < -0.39 is 19.0 Å². The third-order valence-electron chi connectivity index (χ3n) is 5.06. The van der Waals surface area contributed by atoms with E-state index in [0.29, 0.717) is 46.3 Å². The Bertz CT molecular complexity index is 1040. The Morgan fingerprint density at radius 2 is 2.14 bits per heavy atom. The quantitative estimate of drug-likeness (QED) is 0.517. The minimum atomic E-state index is -1.65. The fraction of sp³-hybridized carbons (Fsp3) is 0.250. The van der Waals surface area contributed by atoms with Crippen LogP contribution in [-0.2, 0) is 22.4 Å².